The Morgan fingerprint density at radius 3 is 2.62 bits per heavy atom. The van der Waals surface area contributed by atoms with Crippen molar-refractivity contribution in [3.8, 4) is 0 Å². The van der Waals surface area contributed by atoms with Crippen molar-refractivity contribution in [3.63, 3.8) is 0 Å². The second kappa shape index (κ2) is 5.51. The van der Waals surface area contributed by atoms with Crippen molar-refractivity contribution in [1.82, 2.24) is 0 Å². The average molecular weight is 295 g/mol. The van der Waals surface area contributed by atoms with Gasteiger partial charge >= 0.3 is 0 Å². The van der Waals surface area contributed by atoms with Gasteiger partial charge in [-0.05, 0) is 54.4 Å². The minimum absolute atomic E-state index is 0.222. The molecule has 3 atom stereocenters. The number of hydrogen-bond acceptors (Lipinski definition) is 2. The molecule has 0 radical (unpaired) electrons. The van der Waals surface area contributed by atoms with E-state index in [1.807, 2.05) is 0 Å². The zero-order valence-electron chi connectivity index (χ0n) is 12.2. The molecule has 2 aliphatic rings. The quantitative estimate of drug-likeness (QED) is 0.891. The Kier molecular flexibility index (Phi) is 3.52. The number of rotatable bonds is 2. The van der Waals surface area contributed by atoms with Crippen LogP contribution in [-0.2, 0) is 12.8 Å². The highest BCUT2D eigenvalue weighted by atomic mass is 32.2. The van der Waals surface area contributed by atoms with Crippen LogP contribution in [0, 0.1) is 5.92 Å². The summed E-state index contributed by atoms with van der Waals surface area (Å²) in [6.45, 7) is 0. The molecular formula is C19H21NS. The van der Waals surface area contributed by atoms with E-state index in [9.17, 15) is 0 Å². The Bertz CT molecular complexity index is 627. The molecule has 2 N–H and O–H groups in total. The maximum atomic E-state index is 6.56. The van der Waals surface area contributed by atoms with Crippen LogP contribution in [0.1, 0.15) is 35.6 Å². The van der Waals surface area contributed by atoms with Crippen molar-refractivity contribution < 1.29 is 0 Å². The minimum Gasteiger partial charge on any atom is -0.324 e. The van der Waals surface area contributed by atoms with Crippen molar-refractivity contribution in [2.45, 2.75) is 41.9 Å². The van der Waals surface area contributed by atoms with Crippen molar-refractivity contribution >= 4 is 11.8 Å². The summed E-state index contributed by atoms with van der Waals surface area (Å²) in [6, 6.07) is 17.8. The van der Waals surface area contributed by atoms with E-state index in [0.717, 1.165) is 0 Å². The lowest BCUT2D eigenvalue weighted by Crippen LogP contribution is -2.29. The van der Waals surface area contributed by atoms with Gasteiger partial charge in [-0.15, -0.1) is 11.8 Å². The molecule has 3 unspecified atom stereocenters. The lowest BCUT2D eigenvalue weighted by atomic mass is 9.77. The van der Waals surface area contributed by atoms with Gasteiger partial charge in [-0.1, -0.05) is 42.5 Å². The van der Waals surface area contributed by atoms with Crippen LogP contribution in [0.15, 0.2) is 53.4 Å². The van der Waals surface area contributed by atoms with Crippen molar-refractivity contribution in [3.05, 3.63) is 65.2 Å². The number of fused-ring (bicyclic) bond motifs is 2. The Labute approximate surface area is 130 Å². The van der Waals surface area contributed by atoms with Crippen LogP contribution in [0.2, 0.25) is 0 Å². The minimum atomic E-state index is 0.222. The van der Waals surface area contributed by atoms with Gasteiger partial charge in [0.15, 0.2) is 0 Å². The molecule has 2 aromatic rings. The van der Waals surface area contributed by atoms with Crippen molar-refractivity contribution in [2.75, 3.05) is 0 Å². The highest BCUT2D eigenvalue weighted by Crippen LogP contribution is 2.43. The molecule has 0 amide bonds. The van der Waals surface area contributed by atoms with Crippen LogP contribution in [0.4, 0.5) is 0 Å². The fourth-order valence-corrected chi connectivity index (χ4v) is 5.27. The standard InChI is InChI=1S/C19H21NS/c20-19-15(10-9-13-5-1-3-7-17(13)19)12-16-11-14-6-2-4-8-18(14)21-16/h1-8,15-16,19H,9-12,20H2. The van der Waals surface area contributed by atoms with Gasteiger partial charge in [0, 0.05) is 16.2 Å². The fraction of sp³-hybridized carbons (Fsp3) is 0.368. The van der Waals surface area contributed by atoms with Gasteiger partial charge < -0.3 is 5.73 Å². The molecular weight excluding hydrogens is 274 g/mol. The molecule has 1 aliphatic carbocycles. The third-order valence-corrected chi connectivity index (χ3v) is 6.33. The molecule has 0 saturated carbocycles. The number of nitrogens with two attached hydrogens (primary N) is 1. The smallest absolute Gasteiger partial charge is 0.0326 e. The molecule has 0 bridgehead atoms. The number of thioether (sulfide) groups is 1. The lowest BCUT2D eigenvalue weighted by Gasteiger charge is -2.32. The van der Waals surface area contributed by atoms with E-state index < -0.39 is 0 Å². The van der Waals surface area contributed by atoms with E-state index in [4.69, 9.17) is 5.73 Å². The molecule has 2 aromatic carbocycles. The Morgan fingerprint density at radius 1 is 1.00 bits per heavy atom. The van der Waals surface area contributed by atoms with Crippen molar-refractivity contribution in [2.24, 2.45) is 11.7 Å². The van der Waals surface area contributed by atoms with Gasteiger partial charge in [-0.3, -0.25) is 0 Å². The summed E-state index contributed by atoms with van der Waals surface area (Å²) in [4.78, 5) is 1.48. The van der Waals surface area contributed by atoms with Gasteiger partial charge in [0.05, 0.1) is 0 Å². The zero-order valence-corrected chi connectivity index (χ0v) is 13.0. The maximum absolute atomic E-state index is 6.56. The molecule has 0 fully saturated rings. The van der Waals surface area contributed by atoms with Gasteiger partial charge in [0.1, 0.15) is 0 Å². The van der Waals surface area contributed by atoms with Crippen LogP contribution < -0.4 is 5.73 Å². The summed E-state index contributed by atoms with van der Waals surface area (Å²) in [5.74, 6) is 0.631. The van der Waals surface area contributed by atoms with Crippen molar-refractivity contribution in [1.29, 1.82) is 0 Å². The largest absolute Gasteiger partial charge is 0.324 e. The molecule has 1 aliphatic heterocycles. The summed E-state index contributed by atoms with van der Waals surface area (Å²) >= 11 is 2.06. The molecule has 0 saturated heterocycles. The first-order valence-corrected chi connectivity index (χ1v) is 8.77. The number of hydrogen-bond donors (Lipinski definition) is 1. The first-order chi connectivity index (χ1) is 10.3. The summed E-state index contributed by atoms with van der Waals surface area (Å²) in [7, 11) is 0. The molecule has 1 nitrogen and oxygen atoms in total. The SMILES string of the molecule is NC1c2ccccc2CCC1CC1Cc2ccccc2S1. The van der Waals surface area contributed by atoms with E-state index in [2.05, 4.69) is 60.3 Å². The predicted octanol–water partition coefficient (Wildman–Crippen LogP) is 4.36. The fourth-order valence-electron chi connectivity index (χ4n) is 3.85. The van der Waals surface area contributed by atoms with E-state index in [0.29, 0.717) is 11.2 Å². The molecule has 21 heavy (non-hydrogen) atoms. The average Bonchev–Trinajstić information content (AvgIpc) is 2.93. The molecule has 0 aromatic heterocycles. The Balaban J connectivity index is 1.48. The van der Waals surface area contributed by atoms with Gasteiger partial charge in [0.25, 0.3) is 0 Å². The van der Waals surface area contributed by atoms with Crippen LogP contribution >= 0.6 is 11.8 Å². The van der Waals surface area contributed by atoms with E-state index in [1.165, 1.54) is 47.3 Å². The number of benzene rings is 2. The Hall–Kier alpha value is -1.25. The van der Waals surface area contributed by atoms with E-state index >= 15 is 0 Å². The summed E-state index contributed by atoms with van der Waals surface area (Å²) < 4.78 is 0. The van der Waals surface area contributed by atoms with Gasteiger partial charge in [-0.25, -0.2) is 0 Å². The maximum Gasteiger partial charge on any atom is 0.0326 e. The van der Waals surface area contributed by atoms with Crippen LogP contribution in [0.3, 0.4) is 0 Å². The molecule has 108 valence electrons. The van der Waals surface area contributed by atoms with Gasteiger partial charge in [-0.2, -0.15) is 0 Å². The van der Waals surface area contributed by atoms with E-state index in [-0.39, 0.29) is 6.04 Å². The molecule has 0 spiro atoms. The molecule has 4 rings (SSSR count). The second-order valence-corrected chi connectivity index (χ2v) is 7.65. The number of aryl methyl sites for hydroxylation is 1. The van der Waals surface area contributed by atoms with Crippen LogP contribution in [0.5, 0.6) is 0 Å². The first-order valence-electron chi connectivity index (χ1n) is 7.89. The normalized spacial score (nSPS) is 27.2. The van der Waals surface area contributed by atoms with Gasteiger partial charge in [0.2, 0.25) is 0 Å². The third kappa shape index (κ3) is 2.51. The second-order valence-electron chi connectivity index (χ2n) is 6.31. The topological polar surface area (TPSA) is 26.0 Å². The van der Waals surface area contributed by atoms with Crippen LogP contribution in [0.25, 0.3) is 0 Å². The van der Waals surface area contributed by atoms with Crippen LogP contribution in [-0.4, -0.2) is 5.25 Å². The predicted molar refractivity (Wildman–Crippen MR) is 89.6 cm³/mol. The molecule has 1 heterocycles. The summed E-state index contributed by atoms with van der Waals surface area (Å²) in [5, 5.41) is 0.712. The monoisotopic (exact) mass is 295 g/mol. The highest BCUT2D eigenvalue weighted by Gasteiger charge is 2.31. The highest BCUT2D eigenvalue weighted by molar-refractivity contribution is 8.00. The summed E-state index contributed by atoms with van der Waals surface area (Å²) in [6.07, 6.45) is 4.89. The van der Waals surface area contributed by atoms with E-state index in [1.54, 1.807) is 0 Å². The lowest BCUT2D eigenvalue weighted by molar-refractivity contribution is 0.352. The zero-order chi connectivity index (χ0) is 14.2. The third-order valence-electron chi connectivity index (χ3n) is 4.99. The Morgan fingerprint density at radius 2 is 1.76 bits per heavy atom. The summed E-state index contributed by atoms with van der Waals surface area (Å²) in [5.41, 5.74) is 10.9. The first kappa shape index (κ1) is 13.4. The molecule has 2 heteroatoms.